The van der Waals surface area contributed by atoms with Crippen LogP contribution in [-0.4, -0.2) is 36.1 Å². The molecule has 2 heterocycles. The molecule has 96 valence electrons. The minimum atomic E-state index is 0. The van der Waals surface area contributed by atoms with Crippen LogP contribution in [0.1, 0.15) is 24.1 Å². The zero-order valence-electron chi connectivity index (χ0n) is 10.6. The summed E-state index contributed by atoms with van der Waals surface area (Å²) in [6.45, 7) is 5.34. The van der Waals surface area contributed by atoms with Crippen molar-refractivity contribution >= 4 is 12.4 Å². The molecule has 1 fully saturated rings. The second-order valence-electron chi connectivity index (χ2n) is 4.66. The maximum absolute atomic E-state index is 4.29. The fourth-order valence-corrected chi connectivity index (χ4v) is 2.32. The third-order valence-electron chi connectivity index (χ3n) is 3.48. The summed E-state index contributed by atoms with van der Waals surface area (Å²) in [6.07, 6.45) is 4.52. The van der Waals surface area contributed by atoms with Gasteiger partial charge in [-0.15, -0.1) is 12.4 Å². The lowest BCUT2D eigenvalue weighted by atomic mass is 10.2. The predicted molar refractivity (Wildman–Crippen MR) is 73.6 cm³/mol. The van der Waals surface area contributed by atoms with Crippen molar-refractivity contribution in [2.45, 2.75) is 32.4 Å². The van der Waals surface area contributed by atoms with Crippen molar-refractivity contribution in [3.8, 4) is 0 Å². The Bertz CT molecular complexity index is 343. The summed E-state index contributed by atoms with van der Waals surface area (Å²) in [4.78, 5) is 6.74. The summed E-state index contributed by atoms with van der Waals surface area (Å²) in [5.74, 6) is 0. The third-order valence-corrected chi connectivity index (χ3v) is 3.48. The highest BCUT2D eigenvalue weighted by Crippen LogP contribution is 2.13. The van der Waals surface area contributed by atoms with Gasteiger partial charge in [-0.3, -0.25) is 4.98 Å². The summed E-state index contributed by atoms with van der Waals surface area (Å²) >= 11 is 0. The summed E-state index contributed by atoms with van der Waals surface area (Å²) < 4.78 is 0. The Hall–Kier alpha value is -0.640. The van der Waals surface area contributed by atoms with Gasteiger partial charge in [0.2, 0.25) is 0 Å². The number of nitrogens with zero attached hydrogens (tertiary/aromatic N) is 2. The Kier molecular flexibility index (Phi) is 5.89. The van der Waals surface area contributed by atoms with Crippen LogP contribution in [0.25, 0.3) is 0 Å². The molecule has 1 aromatic heterocycles. The molecule has 0 bridgehead atoms. The normalized spacial score (nSPS) is 20.2. The second kappa shape index (κ2) is 6.94. The zero-order chi connectivity index (χ0) is 11.4. The maximum Gasteiger partial charge on any atom is 0.0417 e. The quantitative estimate of drug-likeness (QED) is 0.892. The molecular formula is C13H22ClN3. The van der Waals surface area contributed by atoms with Crippen molar-refractivity contribution in [3.63, 3.8) is 0 Å². The molecule has 0 radical (unpaired) electrons. The van der Waals surface area contributed by atoms with E-state index in [9.17, 15) is 0 Å². The van der Waals surface area contributed by atoms with E-state index in [2.05, 4.69) is 35.2 Å². The van der Waals surface area contributed by atoms with Crippen LogP contribution >= 0.6 is 12.4 Å². The zero-order valence-corrected chi connectivity index (χ0v) is 11.5. The average Bonchev–Trinajstić information content (AvgIpc) is 2.67. The smallest absolute Gasteiger partial charge is 0.0417 e. The van der Waals surface area contributed by atoms with Crippen molar-refractivity contribution in [1.29, 1.82) is 0 Å². The molecule has 1 unspecified atom stereocenters. The Balaban J connectivity index is 0.00000144. The summed E-state index contributed by atoms with van der Waals surface area (Å²) in [5.41, 5.74) is 2.44. The van der Waals surface area contributed by atoms with Crippen LogP contribution in [-0.2, 0) is 6.54 Å². The van der Waals surface area contributed by atoms with Gasteiger partial charge in [0.25, 0.3) is 0 Å². The molecule has 17 heavy (non-hydrogen) atoms. The van der Waals surface area contributed by atoms with Gasteiger partial charge in [-0.2, -0.15) is 0 Å². The lowest BCUT2D eigenvalue weighted by Crippen LogP contribution is -2.35. The van der Waals surface area contributed by atoms with Gasteiger partial charge in [-0.25, -0.2) is 0 Å². The van der Waals surface area contributed by atoms with Crippen LogP contribution in [0.5, 0.6) is 0 Å². The lowest BCUT2D eigenvalue weighted by Gasteiger charge is -2.19. The first kappa shape index (κ1) is 14.4. The minimum absolute atomic E-state index is 0. The maximum atomic E-state index is 4.29. The van der Waals surface area contributed by atoms with Crippen LogP contribution < -0.4 is 5.32 Å². The fourth-order valence-electron chi connectivity index (χ4n) is 2.32. The molecule has 1 atom stereocenters. The monoisotopic (exact) mass is 255 g/mol. The molecule has 0 aromatic carbocycles. The highest BCUT2D eigenvalue weighted by molar-refractivity contribution is 5.85. The number of hydrogen-bond donors (Lipinski definition) is 1. The van der Waals surface area contributed by atoms with Crippen LogP contribution in [0.15, 0.2) is 18.3 Å². The van der Waals surface area contributed by atoms with Gasteiger partial charge in [-0.1, -0.05) is 6.07 Å². The number of pyridine rings is 1. The van der Waals surface area contributed by atoms with Crippen molar-refractivity contribution in [3.05, 3.63) is 29.6 Å². The Morgan fingerprint density at radius 2 is 2.35 bits per heavy atom. The first-order valence-corrected chi connectivity index (χ1v) is 6.09. The fraction of sp³-hybridized carbons (Fsp3) is 0.615. The van der Waals surface area contributed by atoms with Gasteiger partial charge in [-0.05, 0) is 45.0 Å². The largest absolute Gasteiger partial charge is 0.311 e. The van der Waals surface area contributed by atoms with Gasteiger partial charge in [0, 0.05) is 31.0 Å². The van der Waals surface area contributed by atoms with Crippen LogP contribution in [0.3, 0.4) is 0 Å². The molecule has 0 amide bonds. The van der Waals surface area contributed by atoms with Gasteiger partial charge in [0.15, 0.2) is 0 Å². The molecule has 0 spiro atoms. The number of aromatic nitrogens is 1. The average molecular weight is 256 g/mol. The molecular weight excluding hydrogens is 234 g/mol. The molecule has 3 nitrogen and oxygen atoms in total. The molecule has 4 heteroatoms. The first-order chi connectivity index (χ1) is 7.77. The lowest BCUT2D eigenvalue weighted by molar-refractivity contribution is 0.300. The number of likely N-dealkylation sites (N-methyl/N-ethyl adjacent to an activating group) is 1. The number of hydrogen-bond acceptors (Lipinski definition) is 3. The second-order valence-corrected chi connectivity index (χ2v) is 4.66. The van der Waals surface area contributed by atoms with Gasteiger partial charge < -0.3 is 10.2 Å². The van der Waals surface area contributed by atoms with E-state index in [1.54, 1.807) is 0 Å². The van der Waals surface area contributed by atoms with Gasteiger partial charge >= 0.3 is 0 Å². The summed E-state index contributed by atoms with van der Waals surface area (Å²) in [7, 11) is 2.22. The van der Waals surface area contributed by atoms with E-state index in [4.69, 9.17) is 0 Å². The number of rotatable bonds is 4. The first-order valence-electron chi connectivity index (χ1n) is 6.09. The molecule has 1 aromatic rings. The SMILES string of the molecule is Cc1ncccc1CNCC1CCCN1C.Cl. The van der Waals surface area contributed by atoms with E-state index in [0.29, 0.717) is 0 Å². The number of nitrogens with one attached hydrogen (secondary N) is 1. The van der Waals surface area contributed by atoms with E-state index in [1.165, 1.54) is 24.9 Å². The van der Waals surface area contributed by atoms with E-state index in [-0.39, 0.29) is 12.4 Å². The summed E-state index contributed by atoms with van der Waals surface area (Å²) in [5, 5.41) is 3.53. The van der Waals surface area contributed by atoms with E-state index >= 15 is 0 Å². The molecule has 1 aliphatic heterocycles. The van der Waals surface area contributed by atoms with Crippen LogP contribution in [0.4, 0.5) is 0 Å². The van der Waals surface area contributed by atoms with E-state index in [0.717, 1.165) is 24.8 Å². The standard InChI is InChI=1S/C13H21N3.ClH/c1-11-12(5-3-7-15-11)9-14-10-13-6-4-8-16(13)2;/h3,5,7,13-14H,4,6,8-10H2,1-2H3;1H. The number of aryl methyl sites for hydroxylation is 1. The number of halogens is 1. The Labute approximate surface area is 110 Å². The van der Waals surface area contributed by atoms with Crippen LogP contribution in [0, 0.1) is 6.92 Å². The van der Waals surface area contributed by atoms with Crippen molar-refractivity contribution in [2.24, 2.45) is 0 Å². The Morgan fingerprint density at radius 3 is 3.00 bits per heavy atom. The van der Waals surface area contributed by atoms with Gasteiger partial charge in [0.1, 0.15) is 0 Å². The highest BCUT2D eigenvalue weighted by atomic mass is 35.5. The van der Waals surface area contributed by atoms with E-state index in [1.807, 2.05) is 12.3 Å². The van der Waals surface area contributed by atoms with Gasteiger partial charge in [0.05, 0.1) is 0 Å². The van der Waals surface area contributed by atoms with Crippen molar-refractivity contribution in [1.82, 2.24) is 15.2 Å². The Morgan fingerprint density at radius 1 is 1.53 bits per heavy atom. The van der Waals surface area contributed by atoms with Crippen molar-refractivity contribution < 1.29 is 0 Å². The topological polar surface area (TPSA) is 28.2 Å². The third kappa shape index (κ3) is 3.95. The highest BCUT2D eigenvalue weighted by Gasteiger charge is 2.19. The molecule has 0 saturated carbocycles. The predicted octanol–water partition coefficient (Wildman–Crippen LogP) is 2.00. The van der Waals surface area contributed by atoms with E-state index < -0.39 is 0 Å². The van der Waals surface area contributed by atoms with Crippen LogP contribution in [0.2, 0.25) is 0 Å². The molecule has 0 aliphatic carbocycles. The molecule has 1 aliphatic rings. The number of likely N-dealkylation sites (tertiary alicyclic amines) is 1. The molecule has 1 saturated heterocycles. The summed E-state index contributed by atoms with van der Waals surface area (Å²) in [6, 6.07) is 4.87. The van der Waals surface area contributed by atoms with Crippen molar-refractivity contribution in [2.75, 3.05) is 20.1 Å². The molecule has 1 N–H and O–H groups in total. The minimum Gasteiger partial charge on any atom is -0.311 e. The molecule has 2 rings (SSSR count).